The summed E-state index contributed by atoms with van der Waals surface area (Å²) in [6.07, 6.45) is 1.41. The minimum absolute atomic E-state index is 0.0755. The van der Waals surface area contributed by atoms with Crippen molar-refractivity contribution in [1.82, 2.24) is 5.32 Å². The van der Waals surface area contributed by atoms with Gasteiger partial charge in [0.15, 0.2) is 0 Å². The molecule has 0 aromatic heterocycles. The summed E-state index contributed by atoms with van der Waals surface area (Å²) in [6, 6.07) is 7.29. The maximum absolute atomic E-state index is 11.9. The van der Waals surface area contributed by atoms with Gasteiger partial charge in [0, 0.05) is 13.2 Å². The fourth-order valence-corrected chi connectivity index (χ4v) is 2.51. The summed E-state index contributed by atoms with van der Waals surface area (Å²) < 4.78 is 10.5. The summed E-state index contributed by atoms with van der Waals surface area (Å²) in [7, 11) is 1.55. The number of benzene rings is 1. The van der Waals surface area contributed by atoms with Gasteiger partial charge < -0.3 is 19.9 Å². The Hall–Kier alpha value is -2.08. The summed E-state index contributed by atoms with van der Waals surface area (Å²) in [5.74, 6) is -1.23. The second-order valence-electron chi connectivity index (χ2n) is 5.30. The molecule has 1 aromatic rings. The molecule has 1 aromatic carbocycles. The largest absolute Gasteiger partial charge is 0.496 e. The normalized spacial score (nSPS) is 18.7. The van der Waals surface area contributed by atoms with E-state index in [0.29, 0.717) is 25.2 Å². The van der Waals surface area contributed by atoms with E-state index in [4.69, 9.17) is 9.47 Å². The third kappa shape index (κ3) is 4.21. The Bertz CT molecular complexity index is 525. The summed E-state index contributed by atoms with van der Waals surface area (Å²) in [5, 5.41) is 12.0. The molecule has 1 amide bonds. The first kappa shape index (κ1) is 16.3. The van der Waals surface area contributed by atoms with Crippen LogP contribution in [0.1, 0.15) is 18.4 Å². The minimum atomic E-state index is -0.946. The van der Waals surface area contributed by atoms with E-state index in [9.17, 15) is 14.7 Å². The van der Waals surface area contributed by atoms with E-state index in [2.05, 4.69) is 5.32 Å². The number of carboxylic acid groups (broad SMARTS) is 1. The van der Waals surface area contributed by atoms with Crippen LogP contribution in [-0.4, -0.2) is 43.3 Å². The van der Waals surface area contributed by atoms with E-state index >= 15 is 0 Å². The molecule has 1 aliphatic heterocycles. The first-order chi connectivity index (χ1) is 10.6. The van der Waals surface area contributed by atoms with Crippen molar-refractivity contribution in [3.63, 3.8) is 0 Å². The molecule has 0 aliphatic carbocycles. The lowest BCUT2D eigenvalue weighted by atomic mass is 9.98. The van der Waals surface area contributed by atoms with Crippen LogP contribution in [0.15, 0.2) is 24.3 Å². The molecule has 0 spiro atoms. The third-order valence-electron chi connectivity index (χ3n) is 3.75. The molecule has 2 atom stereocenters. The molecule has 1 saturated heterocycles. The quantitative estimate of drug-likeness (QED) is 0.791. The summed E-state index contributed by atoms with van der Waals surface area (Å²) >= 11 is 0. The zero-order chi connectivity index (χ0) is 15.9. The number of hydrogen-bond donors (Lipinski definition) is 2. The first-order valence-corrected chi connectivity index (χ1v) is 7.36. The van der Waals surface area contributed by atoms with Crippen LogP contribution in [0.4, 0.5) is 0 Å². The van der Waals surface area contributed by atoms with Crippen molar-refractivity contribution in [2.24, 2.45) is 5.92 Å². The topological polar surface area (TPSA) is 84.9 Å². The number of carboxylic acids is 1. The van der Waals surface area contributed by atoms with Gasteiger partial charge >= 0.3 is 5.97 Å². The molecule has 0 bridgehead atoms. The van der Waals surface area contributed by atoms with Gasteiger partial charge in [0.1, 0.15) is 11.9 Å². The zero-order valence-electron chi connectivity index (χ0n) is 12.6. The Morgan fingerprint density at radius 3 is 2.86 bits per heavy atom. The molecule has 1 aliphatic rings. The van der Waals surface area contributed by atoms with Crippen LogP contribution in [-0.2, 0) is 20.7 Å². The van der Waals surface area contributed by atoms with Crippen molar-refractivity contribution in [2.45, 2.75) is 25.4 Å². The van der Waals surface area contributed by atoms with Crippen LogP contribution >= 0.6 is 0 Å². The lowest BCUT2D eigenvalue weighted by Crippen LogP contribution is -2.39. The average molecular weight is 307 g/mol. The highest BCUT2D eigenvalue weighted by molar-refractivity contribution is 5.81. The fourth-order valence-electron chi connectivity index (χ4n) is 2.51. The summed E-state index contributed by atoms with van der Waals surface area (Å²) in [5.41, 5.74) is 0.809. The molecular formula is C16H21NO5. The maximum atomic E-state index is 11.9. The molecule has 0 saturated carbocycles. The number of nitrogens with one attached hydrogen (secondary N) is 1. The Kier molecular flexibility index (Phi) is 5.77. The number of hydrogen-bond acceptors (Lipinski definition) is 4. The molecule has 2 rings (SSSR count). The van der Waals surface area contributed by atoms with Gasteiger partial charge in [-0.2, -0.15) is 0 Å². The van der Waals surface area contributed by atoms with Gasteiger partial charge in [-0.3, -0.25) is 9.59 Å². The molecule has 22 heavy (non-hydrogen) atoms. The molecule has 6 heteroatoms. The van der Waals surface area contributed by atoms with Gasteiger partial charge in [-0.15, -0.1) is 0 Å². The number of ether oxygens (including phenoxy) is 2. The number of carbonyl (C=O) groups excluding carboxylic acids is 1. The lowest BCUT2D eigenvalue weighted by molar-refractivity contribution is -0.141. The highest BCUT2D eigenvalue weighted by Crippen LogP contribution is 2.21. The molecule has 6 nitrogen and oxygen atoms in total. The molecule has 2 N–H and O–H groups in total. The third-order valence-corrected chi connectivity index (χ3v) is 3.75. The van der Waals surface area contributed by atoms with E-state index in [1.54, 1.807) is 13.2 Å². The van der Waals surface area contributed by atoms with Crippen molar-refractivity contribution in [3.05, 3.63) is 29.8 Å². The van der Waals surface area contributed by atoms with Crippen molar-refractivity contribution in [3.8, 4) is 5.75 Å². The Morgan fingerprint density at radius 1 is 1.45 bits per heavy atom. The van der Waals surface area contributed by atoms with Gasteiger partial charge in [-0.05, 0) is 30.9 Å². The standard InChI is InChI=1S/C16H21NO5/c1-21-13-6-3-2-5-11(13)9-12(16(19)20)10-17-15(18)14-7-4-8-22-14/h2-3,5-6,12,14H,4,7-10H2,1H3,(H,17,18)(H,19,20)/t12?,14-/m0/s1. The van der Waals surface area contributed by atoms with Crippen molar-refractivity contribution >= 4 is 11.9 Å². The van der Waals surface area contributed by atoms with Crippen LogP contribution in [0.25, 0.3) is 0 Å². The van der Waals surface area contributed by atoms with Gasteiger partial charge in [-0.25, -0.2) is 0 Å². The fraction of sp³-hybridized carbons (Fsp3) is 0.500. The monoisotopic (exact) mass is 307 g/mol. The van der Waals surface area contributed by atoms with Crippen molar-refractivity contribution in [2.75, 3.05) is 20.3 Å². The average Bonchev–Trinajstić information content (AvgIpc) is 3.05. The van der Waals surface area contributed by atoms with E-state index in [-0.39, 0.29) is 12.5 Å². The molecule has 0 radical (unpaired) electrons. The Morgan fingerprint density at radius 2 is 2.23 bits per heavy atom. The SMILES string of the molecule is COc1ccccc1CC(CNC(=O)[C@@H]1CCCO1)C(=O)O. The number of methoxy groups -OCH3 is 1. The Labute approximate surface area is 129 Å². The van der Waals surface area contributed by atoms with Crippen LogP contribution in [0.2, 0.25) is 0 Å². The second-order valence-corrected chi connectivity index (χ2v) is 5.30. The predicted molar refractivity (Wildman–Crippen MR) is 79.8 cm³/mol. The zero-order valence-corrected chi connectivity index (χ0v) is 12.6. The molecule has 1 fully saturated rings. The maximum Gasteiger partial charge on any atom is 0.308 e. The molecule has 120 valence electrons. The molecule has 1 unspecified atom stereocenters. The highest BCUT2D eigenvalue weighted by atomic mass is 16.5. The first-order valence-electron chi connectivity index (χ1n) is 7.36. The van der Waals surface area contributed by atoms with Crippen LogP contribution in [0, 0.1) is 5.92 Å². The summed E-state index contributed by atoms with van der Waals surface area (Å²) in [6.45, 7) is 0.660. The Balaban J connectivity index is 1.95. The van der Waals surface area contributed by atoms with Gasteiger partial charge in [-0.1, -0.05) is 18.2 Å². The lowest BCUT2D eigenvalue weighted by Gasteiger charge is -2.17. The minimum Gasteiger partial charge on any atom is -0.496 e. The number of rotatable bonds is 7. The van der Waals surface area contributed by atoms with Crippen LogP contribution in [0.5, 0.6) is 5.75 Å². The number of para-hydroxylation sites is 1. The van der Waals surface area contributed by atoms with E-state index in [1.807, 2.05) is 18.2 Å². The van der Waals surface area contributed by atoms with Crippen molar-refractivity contribution < 1.29 is 24.2 Å². The summed E-state index contributed by atoms with van der Waals surface area (Å²) in [4.78, 5) is 23.3. The van der Waals surface area contributed by atoms with E-state index in [1.165, 1.54) is 0 Å². The van der Waals surface area contributed by atoms with Gasteiger partial charge in [0.2, 0.25) is 5.91 Å². The van der Waals surface area contributed by atoms with Gasteiger partial charge in [0.25, 0.3) is 0 Å². The van der Waals surface area contributed by atoms with Crippen LogP contribution in [0.3, 0.4) is 0 Å². The number of aliphatic carboxylic acids is 1. The molecular weight excluding hydrogens is 286 g/mol. The second kappa shape index (κ2) is 7.79. The molecule has 1 heterocycles. The van der Waals surface area contributed by atoms with Crippen LogP contribution < -0.4 is 10.1 Å². The van der Waals surface area contributed by atoms with Gasteiger partial charge in [0.05, 0.1) is 13.0 Å². The smallest absolute Gasteiger partial charge is 0.308 e. The van der Waals surface area contributed by atoms with E-state index in [0.717, 1.165) is 12.0 Å². The van der Waals surface area contributed by atoms with E-state index < -0.39 is 18.0 Å². The van der Waals surface area contributed by atoms with Crippen molar-refractivity contribution in [1.29, 1.82) is 0 Å². The highest BCUT2D eigenvalue weighted by Gasteiger charge is 2.26. The number of carbonyl (C=O) groups is 2. The number of amides is 1. The predicted octanol–water partition coefficient (Wildman–Crippen LogP) is 1.23.